The fourth-order valence-electron chi connectivity index (χ4n) is 2.57. The summed E-state index contributed by atoms with van der Waals surface area (Å²) in [5.74, 6) is 0. The summed E-state index contributed by atoms with van der Waals surface area (Å²) >= 11 is 0. The van der Waals surface area contributed by atoms with E-state index in [0.29, 0.717) is 12.7 Å². The van der Waals surface area contributed by atoms with Gasteiger partial charge in [-0.3, -0.25) is 0 Å². The molecule has 1 aromatic carbocycles. The van der Waals surface area contributed by atoms with Crippen LogP contribution >= 0.6 is 0 Å². The lowest BCUT2D eigenvalue weighted by Gasteiger charge is -2.18. The predicted octanol–water partition coefficient (Wildman–Crippen LogP) is 2.55. The monoisotopic (exact) mass is 293 g/mol. The first-order chi connectivity index (χ1) is 10.4. The predicted molar refractivity (Wildman–Crippen MR) is 83.5 cm³/mol. The van der Waals surface area contributed by atoms with Gasteiger partial charge in [-0.25, -0.2) is 0 Å². The fourth-order valence-corrected chi connectivity index (χ4v) is 2.57. The minimum absolute atomic E-state index is 0.245. The van der Waals surface area contributed by atoms with Gasteiger partial charge in [-0.05, 0) is 31.4 Å². The van der Waals surface area contributed by atoms with Crippen molar-refractivity contribution in [2.75, 3.05) is 40.1 Å². The van der Waals surface area contributed by atoms with E-state index in [-0.39, 0.29) is 6.04 Å². The van der Waals surface area contributed by atoms with Crippen LogP contribution in [0.25, 0.3) is 0 Å². The maximum atomic E-state index is 5.67. The molecule has 2 atom stereocenters. The molecule has 2 unspecified atom stereocenters. The van der Waals surface area contributed by atoms with Crippen LogP contribution in [0.2, 0.25) is 0 Å². The van der Waals surface area contributed by atoms with Gasteiger partial charge in [0.25, 0.3) is 0 Å². The molecule has 2 rings (SSSR count). The first-order valence-electron chi connectivity index (χ1n) is 7.86. The van der Waals surface area contributed by atoms with Crippen molar-refractivity contribution in [1.82, 2.24) is 5.32 Å². The third-order valence-corrected chi connectivity index (χ3v) is 3.72. The summed E-state index contributed by atoms with van der Waals surface area (Å²) in [5.41, 5.74) is 1.26. The van der Waals surface area contributed by atoms with Crippen LogP contribution in [0.5, 0.6) is 0 Å². The van der Waals surface area contributed by atoms with E-state index < -0.39 is 0 Å². The standard InChI is InChI=1S/C17H27NO3/c1-19-14-17(15-7-3-2-4-8-15)18-10-6-11-20-13-16-9-5-12-21-16/h2-4,7-8,16-18H,5-6,9-14H2,1H3. The summed E-state index contributed by atoms with van der Waals surface area (Å²) in [7, 11) is 1.74. The molecule has 4 heteroatoms. The van der Waals surface area contributed by atoms with Gasteiger partial charge in [-0.2, -0.15) is 0 Å². The molecule has 21 heavy (non-hydrogen) atoms. The van der Waals surface area contributed by atoms with E-state index in [2.05, 4.69) is 29.6 Å². The molecule has 1 N–H and O–H groups in total. The molecule has 1 aromatic rings. The van der Waals surface area contributed by atoms with Gasteiger partial charge in [0.2, 0.25) is 0 Å². The first kappa shape index (κ1) is 16.4. The lowest BCUT2D eigenvalue weighted by Crippen LogP contribution is -2.27. The maximum Gasteiger partial charge on any atom is 0.0809 e. The Morgan fingerprint density at radius 1 is 1.33 bits per heavy atom. The molecule has 1 saturated heterocycles. The summed E-state index contributed by atoms with van der Waals surface area (Å²) < 4.78 is 16.5. The molecule has 0 spiro atoms. The third-order valence-electron chi connectivity index (χ3n) is 3.72. The molecule has 0 radical (unpaired) electrons. The van der Waals surface area contributed by atoms with E-state index in [0.717, 1.165) is 39.2 Å². The van der Waals surface area contributed by atoms with Gasteiger partial charge in [-0.1, -0.05) is 30.3 Å². The van der Waals surface area contributed by atoms with Crippen LogP contribution in [0.1, 0.15) is 30.9 Å². The molecule has 1 heterocycles. The summed E-state index contributed by atoms with van der Waals surface area (Å²) in [6.07, 6.45) is 3.64. The average molecular weight is 293 g/mol. The summed E-state index contributed by atoms with van der Waals surface area (Å²) in [6.45, 7) is 4.02. The fraction of sp³-hybridized carbons (Fsp3) is 0.647. The zero-order valence-corrected chi connectivity index (χ0v) is 12.9. The first-order valence-corrected chi connectivity index (χ1v) is 7.86. The van der Waals surface area contributed by atoms with Crippen molar-refractivity contribution >= 4 is 0 Å². The number of hydrogen-bond donors (Lipinski definition) is 1. The SMILES string of the molecule is COCC(NCCCOCC1CCCO1)c1ccccc1. The second-order valence-electron chi connectivity index (χ2n) is 5.44. The number of methoxy groups -OCH3 is 1. The zero-order chi connectivity index (χ0) is 14.8. The molecule has 0 saturated carbocycles. The zero-order valence-electron chi connectivity index (χ0n) is 12.9. The van der Waals surface area contributed by atoms with Crippen LogP contribution in [0, 0.1) is 0 Å². The molecule has 4 nitrogen and oxygen atoms in total. The van der Waals surface area contributed by atoms with Gasteiger partial charge in [0.15, 0.2) is 0 Å². The van der Waals surface area contributed by atoms with Gasteiger partial charge in [0.1, 0.15) is 0 Å². The number of rotatable bonds is 10. The Kier molecular flexibility index (Phi) is 7.75. The van der Waals surface area contributed by atoms with Gasteiger partial charge in [0, 0.05) is 20.3 Å². The molecule has 1 fully saturated rings. The van der Waals surface area contributed by atoms with Crippen molar-refractivity contribution in [3.05, 3.63) is 35.9 Å². The summed E-state index contributed by atoms with van der Waals surface area (Å²) in [6, 6.07) is 10.7. The molecule has 0 amide bonds. The van der Waals surface area contributed by atoms with Crippen LogP contribution in [0.15, 0.2) is 30.3 Å². The van der Waals surface area contributed by atoms with E-state index >= 15 is 0 Å². The van der Waals surface area contributed by atoms with Crippen LogP contribution in [0.4, 0.5) is 0 Å². The van der Waals surface area contributed by atoms with Gasteiger partial charge >= 0.3 is 0 Å². The number of ether oxygens (including phenoxy) is 3. The van der Waals surface area contributed by atoms with Gasteiger partial charge in [-0.15, -0.1) is 0 Å². The quantitative estimate of drug-likeness (QED) is 0.673. The second kappa shape index (κ2) is 9.90. The van der Waals surface area contributed by atoms with Crippen LogP contribution < -0.4 is 5.32 Å². The summed E-state index contributed by atoms with van der Waals surface area (Å²) in [4.78, 5) is 0. The molecule has 0 aromatic heterocycles. The topological polar surface area (TPSA) is 39.7 Å². The van der Waals surface area contributed by atoms with E-state index in [1.54, 1.807) is 7.11 Å². The minimum Gasteiger partial charge on any atom is -0.383 e. The lowest BCUT2D eigenvalue weighted by atomic mass is 10.1. The van der Waals surface area contributed by atoms with Crippen molar-refractivity contribution in [2.45, 2.75) is 31.4 Å². The van der Waals surface area contributed by atoms with Crippen molar-refractivity contribution < 1.29 is 14.2 Å². The smallest absolute Gasteiger partial charge is 0.0809 e. The average Bonchev–Trinajstić information content (AvgIpc) is 3.04. The Balaban J connectivity index is 1.59. The van der Waals surface area contributed by atoms with Crippen molar-refractivity contribution in [2.24, 2.45) is 0 Å². The van der Waals surface area contributed by atoms with Crippen LogP contribution in [-0.4, -0.2) is 46.2 Å². The highest BCUT2D eigenvalue weighted by Gasteiger charge is 2.15. The second-order valence-corrected chi connectivity index (χ2v) is 5.44. The van der Waals surface area contributed by atoms with Gasteiger partial charge < -0.3 is 19.5 Å². The van der Waals surface area contributed by atoms with E-state index in [1.165, 1.54) is 12.0 Å². The van der Waals surface area contributed by atoms with E-state index in [9.17, 15) is 0 Å². The lowest BCUT2D eigenvalue weighted by molar-refractivity contribution is 0.0164. The highest BCUT2D eigenvalue weighted by molar-refractivity contribution is 5.18. The van der Waals surface area contributed by atoms with Crippen molar-refractivity contribution in [3.8, 4) is 0 Å². The Morgan fingerprint density at radius 3 is 2.90 bits per heavy atom. The molecule has 0 bridgehead atoms. The third kappa shape index (κ3) is 6.14. The highest BCUT2D eigenvalue weighted by Crippen LogP contribution is 2.13. The molecular weight excluding hydrogens is 266 g/mol. The minimum atomic E-state index is 0.245. The van der Waals surface area contributed by atoms with Gasteiger partial charge in [0.05, 0.1) is 25.4 Å². The Labute approximate surface area is 127 Å². The van der Waals surface area contributed by atoms with Crippen molar-refractivity contribution in [1.29, 1.82) is 0 Å². The maximum absolute atomic E-state index is 5.67. The van der Waals surface area contributed by atoms with E-state index in [1.807, 2.05) is 6.07 Å². The Morgan fingerprint density at radius 2 is 2.19 bits per heavy atom. The molecule has 0 aliphatic carbocycles. The molecule has 1 aliphatic heterocycles. The molecule has 118 valence electrons. The number of benzene rings is 1. The molecular formula is C17H27NO3. The number of nitrogens with one attached hydrogen (secondary N) is 1. The number of hydrogen-bond acceptors (Lipinski definition) is 4. The highest BCUT2D eigenvalue weighted by atomic mass is 16.5. The Bertz CT molecular complexity index is 366. The van der Waals surface area contributed by atoms with E-state index in [4.69, 9.17) is 14.2 Å². The van der Waals surface area contributed by atoms with Crippen molar-refractivity contribution in [3.63, 3.8) is 0 Å². The van der Waals surface area contributed by atoms with Crippen LogP contribution in [-0.2, 0) is 14.2 Å². The largest absolute Gasteiger partial charge is 0.383 e. The summed E-state index contributed by atoms with van der Waals surface area (Å²) in [5, 5.41) is 3.53. The van der Waals surface area contributed by atoms with Crippen LogP contribution in [0.3, 0.4) is 0 Å². The normalized spacial score (nSPS) is 19.8. The Hall–Kier alpha value is -0.940. The molecule has 1 aliphatic rings.